The van der Waals surface area contributed by atoms with Gasteiger partial charge in [-0.2, -0.15) is 5.10 Å². The SMILES string of the molecule is COc1cc(Br)c(O)c(-c2cc(C(=O)O)nn2C)c1OC. The Bertz CT molecular complexity index is 711. The van der Waals surface area contributed by atoms with Crippen LogP contribution in [0.25, 0.3) is 11.3 Å². The summed E-state index contributed by atoms with van der Waals surface area (Å²) in [5, 5.41) is 23.2. The zero-order chi connectivity index (χ0) is 15.7. The predicted molar refractivity (Wildman–Crippen MR) is 78.1 cm³/mol. The molecule has 0 atom stereocenters. The lowest BCUT2D eigenvalue weighted by atomic mass is 10.1. The first kappa shape index (κ1) is 15.2. The van der Waals surface area contributed by atoms with E-state index in [1.165, 1.54) is 25.0 Å². The number of nitrogens with zero attached hydrogens (tertiary/aromatic N) is 2. The quantitative estimate of drug-likeness (QED) is 0.872. The maximum absolute atomic E-state index is 11.0. The number of carboxylic acid groups (broad SMARTS) is 1. The first-order chi connectivity index (χ1) is 9.90. The number of hydrogen-bond donors (Lipinski definition) is 2. The molecule has 2 aromatic rings. The molecule has 2 rings (SSSR count). The molecule has 0 aliphatic rings. The van der Waals surface area contributed by atoms with Crippen molar-refractivity contribution < 1.29 is 24.5 Å². The Morgan fingerprint density at radius 3 is 2.48 bits per heavy atom. The lowest BCUT2D eigenvalue weighted by molar-refractivity contribution is 0.0689. The number of hydrogen-bond acceptors (Lipinski definition) is 5. The van der Waals surface area contributed by atoms with Gasteiger partial charge in [-0.3, -0.25) is 4.68 Å². The third-order valence-electron chi connectivity index (χ3n) is 2.95. The number of phenols is 1. The van der Waals surface area contributed by atoms with E-state index in [1.54, 1.807) is 13.1 Å². The molecule has 0 unspecified atom stereocenters. The molecule has 1 aromatic carbocycles. The van der Waals surface area contributed by atoms with Gasteiger partial charge in [-0.15, -0.1) is 0 Å². The number of benzene rings is 1. The highest BCUT2D eigenvalue weighted by Gasteiger charge is 2.24. The highest BCUT2D eigenvalue weighted by molar-refractivity contribution is 9.10. The normalized spacial score (nSPS) is 10.5. The largest absolute Gasteiger partial charge is 0.506 e. The van der Waals surface area contributed by atoms with E-state index in [0.29, 0.717) is 21.5 Å². The minimum absolute atomic E-state index is 0.0902. The number of aryl methyl sites for hydroxylation is 1. The summed E-state index contributed by atoms with van der Waals surface area (Å²) in [6.07, 6.45) is 0. The standard InChI is InChI=1S/C13H13BrN2O5/c1-16-8(5-7(15-16)13(18)19)10-11(17)6(14)4-9(20-2)12(10)21-3/h4-5,17H,1-3H3,(H,18,19). The molecule has 1 heterocycles. The van der Waals surface area contributed by atoms with E-state index in [0.717, 1.165) is 0 Å². The van der Waals surface area contributed by atoms with Crippen LogP contribution in [0.1, 0.15) is 10.5 Å². The van der Waals surface area contributed by atoms with E-state index in [-0.39, 0.29) is 17.2 Å². The molecule has 0 fully saturated rings. The molecule has 8 heteroatoms. The van der Waals surface area contributed by atoms with Gasteiger partial charge in [0, 0.05) is 13.1 Å². The van der Waals surface area contributed by atoms with E-state index < -0.39 is 5.97 Å². The van der Waals surface area contributed by atoms with Crippen molar-refractivity contribution in [1.29, 1.82) is 0 Å². The van der Waals surface area contributed by atoms with Gasteiger partial charge < -0.3 is 19.7 Å². The summed E-state index contributed by atoms with van der Waals surface area (Å²) in [7, 11) is 4.48. The number of aromatic hydroxyl groups is 1. The topological polar surface area (TPSA) is 93.8 Å². The third kappa shape index (κ3) is 2.54. The molecule has 2 N–H and O–H groups in total. The lowest BCUT2D eigenvalue weighted by Gasteiger charge is -2.15. The second-order valence-corrected chi connectivity index (χ2v) is 5.02. The van der Waals surface area contributed by atoms with Crippen LogP contribution in [-0.2, 0) is 7.05 Å². The summed E-state index contributed by atoms with van der Waals surface area (Å²) >= 11 is 3.23. The fraction of sp³-hybridized carbons (Fsp3) is 0.231. The number of rotatable bonds is 4. The van der Waals surface area contributed by atoms with Gasteiger partial charge in [0.05, 0.1) is 29.9 Å². The zero-order valence-electron chi connectivity index (χ0n) is 11.5. The second-order valence-electron chi connectivity index (χ2n) is 4.16. The van der Waals surface area contributed by atoms with Crippen LogP contribution in [0.4, 0.5) is 0 Å². The Labute approximate surface area is 128 Å². The molecular weight excluding hydrogens is 344 g/mol. The van der Waals surface area contributed by atoms with Crippen LogP contribution in [0, 0.1) is 0 Å². The molecule has 0 aliphatic heterocycles. The van der Waals surface area contributed by atoms with Gasteiger partial charge in [0.25, 0.3) is 0 Å². The highest BCUT2D eigenvalue weighted by atomic mass is 79.9. The fourth-order valence-corrected chi connectivity index (χ4v) is 2.40. The number of carboxylic acids is 1. The van der Waals surface area contributed by atoms with Gasteiger partial charge in [0.15, 0.2) is 17.2 Å². The Balaban J connectivity index is 2.79. The molecule has 0 saturated heterocycles. The molecule has 0 saturated carbocycles. The number of halogens is 1. The first-order valence-electron chi connectivity index (χ1n) is 5.81. The first-order valence-corrected chi connectivity index (χ1v) is 6.61. The number of aromatic nitrogens is 2. The molecule has 0 spiro atoms. The number of methoxy groups -OCH3 is 2. The molecule has 0 radical (unpaired) electrons. The van der Waals surface area contributed by atoms with Crippen molar-refractivity contribution in [2.24, 2.45) is 7.05 Å². The molecular formula is C13H13BrN2O5. The van der Waals surface area contributed by atoms with Gasteiger partial charge >= 0.3 is 5.97 Å². The van der Waals surface area contributed by atoms with E-state index in [9.17, 15) is 9.90 Å². The molecule has 1 aromatic heterocycles. The Morgan fingerprint density at radius 1 is 1.33 bits per heavy atom. The van der Waals surface area contributed by atoms with Gasteiger partial charge in [0.2, 0.25) is 0 Å². The molecule has 0 bridgehead atoms. The van der Waals surface area contributed by atoms with Crippen molar-refractivity contribution in [3.63, 3.8) is 0 Å². The molecule has 0 aliphatic carbocycles. The third-order valence-corrected chi connectivity index (χ3v) is 3.56. The Hall–Kier alpha value is -2.22. The van der Waals surface area contributed by atoms with Crippen molar-refractivity contribution in [3.8, 4) is 28.5 Å². The minimum atomic E-state index is -1.16. The van der Waals surface area contributed by atoms with Gasteiger partial charge in [-0.1, -0.05) is 0 Å². The van der Waals surface area contributed by atoms with Crippen molar-refractivity contribution in [3.05, 3.63) is 22.3 Å². The molecule has 112 valence electrons. The Kier molecular flexibility index (Phi) is 4.08. The van der Waals surface area contributed by atoms with Crippen LogP contribution in [0.3, 0.4) is 0 Å². The minimum Gasteiger partial charge on any atom is -0.506 e. The van der Waals surface area contributed by atoms with Crippen LogP contribution in [-0.4, -0.2) is 40.2 Å². The van der Waals surface area contributed by atoms with E-state index in [2.05, 4.69) is 21.0 Å². The number of phenolic OH excluding ortho intramolecular Hbond substituents is 1. The average molecular weight is 357 g/mol. The van der Waals surface area contributed by atoms with Crippen LogP contribution in [0.2, 0.25) is 0 Å². The lowest BCUT2D eigenvalue weighted by Crippen LogP contribution is -2.00. The zero-order valence-corrected chi connectivity index (χ0v) is 13.1. The average Bonchev–Trinajstić information content (AvgIpc) is 2.83. The fourth-order valence-electron chi connectivity index (χ4n) is 2.00. The van der Waals surface area contributed by atoms with E-state index >= 15 is 0 Å². The van der Waals surface area contributed by atoms with Gasteiger partial charge in [-0.05, 0) is 22.0 Å². The van der Waals surface area contributed by atoms with Gasteiger partial charge in [-0.25, -0.2) is 4.79 Å². The summed E-state index contributed by atoms with van der Waals surface area (Å²) in [5.41, 5.74) is 0.556. The molecule has 7 nitrogen and oxygen atoms in total. The summed E-state index contributed by atoms with van der Waals surface area (Å²) < 4.78 is 12.3. The summed E-state index contributed by atoms with van der Waals surface area (Å²) in [6, 6.07) is 2.91. The van der Waals surface area contributed by atoms with Crippen molar-refractivity contribution in [1.82, 2.24) is 9.78 Å². The summed E-state index contributed by atoms with van der Waals surface area (Å²) in [5.74, 6) is -0.557. The van der Waals surface area contributed by atoms with Crippen LogP contribution in [0.5, 0.6) is 17.2 Å². The highest BCUT2D eigenvalue weighted by Crippen LogP contribution is 2.47. The smallest absolute Gasteiger partial charge is 0.356 e. The predicted octanol–water partition coefficient (Wildman–Crippen LogP) is 2.27. The van der Waals surface area contributed by atoms with E-state index in [1.807, 2.05) is 0 Å². The van der Waals surface area contributed by atoms with Crippen LogP contribution >= 0.6 is 15.9 Å². The van der Waals surface area contributed by atoms with Crippen molar-refractivity contribution in [2.75, 3.05) is 14.2 Å². The van der Waals surface area contributed by atoms with Crippen LogP contribution in [0.15, 0.2) is 16.6 Å². The number of aromatic carboxylic acids is 1. The maximum atomic E-state index is 11.0. The van der Waals surface area contributed by atoms with Gasteiger partial charge in [0.1, 0.15) is 5.75 Å². The summed E-state index contributed by atoms with van der Waals surface area (Å²) in [4.78, 5) is 11.0. The Morgan fingerprint density at radius 2 is 2.00 bits per heavy atom. The maximum Gasteiger partial charge on any atom is 0.356 e. The van der Waals surface area contributed by atoms with Crippen LogP contribution < -0.4 is 9.47 Å². The number of ether oxygens (including phenoxy) is 2. The van der Waals surface area contributed by atoms with Crippen molar-refractivity contribution >= 4 is 21.9 Å². The second kappa shape index (κ2) is 5.65. The molecule has 21 heavy (non-hydrogen) atoms. The van der Waals surface area contributed by atoms with E-state index in [4.69, 9.17) is 14.6 Å². The molecule has 0 amide bonds. The summed E-state index contributed by atoms with van der Waals surface area (Å²) in [6.45, 7) is 0. The number of carbonyl (C=O) groups is 1. The monoisotopic (exact) mass is 356 g/mol. The van der Waals surface area contributed by atoms with Crippen molar-refractivity contribution in [2.45, 2.75) is 0 Å².